The van der Waals surface area contributed by atoms with E-state index in [0.717, 1.165) is 25.8 Å². The molecule has 126 valence electrons. The summed E-state index contributed by atoms with van der Waals surface area (Å²) in [5, 5.41) is 22.7. The summed E-state index contributed by atoms with van der Waals surface area (Å²) in [5.74, 6) is -0.133. The molecule has 0 aromatic heterocycles. The summed E-state index contributed by atoms with van der Waals surface area (Å²) in [6, 6.07) is 4.65. The number of carbonyl (C=O) groups excluding carboxylic acids is 1. The molecule has 1 heterocycles. The van der Waals surface area contributed by atoms with Crippen molar-refractivity contribution < 1.29 is 14.8 Å². The van der Waals surface area contributed by atoms with Crippen LogP contribution in [-0.4, -0.2) is 46.6 Å². The Morgan fingerprint density at radius 3 is 2.91 bits per heavy atom. The van der Waals surface area contributed by atoms with E-state index in [4.69, 9.17) is 5.11 Å². The number of aliphatic hydroxyl groups is 1. The van der Waals surface area contributed by atoms with E-state index >= 15 is 0 Å². The maximum absolute atomic E-state index is 12.3. The van der Waals surface area contributed by atoms with Crippen molar-refractivity contribution in [3.05, 3.63) is 33.9 Å². The number of rotatable bonds is 6. The van der Waals surface area contributed by atoms with Crippen LogP contribution in [0.3, 0.4) is 0 Å². The Kier molecular flexibility index (Phi) is 6.06. The minimum absolute atomic E-state index is 0.0135. The smallest absolute Gasteiger partial charge is 0.269 e. The SMILES string of the molecule is Cc1cc([N+](=O)[O-])ccc1NC(=O)CN1CCCCC1CCO. The van der Waals surface area contributed by atoms with Crippen LogP contribution in [-0.2, 0) is 4.79 Å². The molecular weight excluding hydrogens is 298 g/mol. The largest absolute Gasteiger partial charge is 0.396 e. The van der Waals surface area contributed by atoms with E-state index in [0.29, 0.717) is 17.7 Å². The maximum atomic E-state index is 12.3. The lowest BCUT2D eigenvalue weighted by atomic mass is 9.99. The third-order valence-corrected chi connectivity index (χ3v) is 4.25. The van der Waals surface area contributed by atoms with Crippen molar-refractivity contribution in [1.29, 1.82) is 0 Å². The Labute approximate surface area is 135 Å². The van der Waals surface area contributed by atoms with Crippen molar-refractivity contribution >= 4 is 17.3 Å². The first-order chi connectivity index (χ1) is 11.0. The Bertz CT molecular complexity index is 574. The van der Waals surface area contributed by atoms with Gasteiger partial charge in [0.1, 0.15) is 0 Å². The second kappa shape index (κ2) is 8.03. The van der Waals surface area contributed by atoms with Gasteiger partial charge in [-0.15, -0.1) is 0 Å². The number of aliphatic hydroxyl groups excluding tert-OH is 1. The molecule has 23 heavy (non-hydrogen) atoms. The number of non-ortho nitro benzene ring substituents is 1. The maximum Gasteiger partial charge on any atom is 0.269 e. The average Bonchev–Trinajstić information content (AvgIpc) is 2.51. The molecule has 1 unspecified atom stereocenters. The van der Waals surface area contributed by atoms with Gasteiger partial charge in [0.05, 0.1) is 11.5 Å². The topological polar surface area (TPSA) is 95.7 Å². The first-order valence-electron chi connectivity index (χ1n) is 7.91. The van der Waals surface area contributed by atoms with Gasteiger partial charge in [0.25, 0.3) is 5.69 Å². The fraction of sp³-hybridized carbons (Fsp3) is 0.562. The third-order valence-electron chi connectivity index (χ3n) is 4.25. The molecule has 2 N–H and O–H groups in total. The number of nitrogens with zero attached hydrogens (tertiary/aromatic N) is 2. The highest BCUT2D eigenvalue weighted by Crippen LogP contribution is 2.22. The number of carbonyl (C=O) groups is 1. The van der Waals surface area contributed by atoms with Gasteiger partial charge < -0.3 is 10.4 Å². The van der Waals surface area contributed by atoms with Gasteiger partial charge in [-0.1, -0.05) is 6.42 Å². The zero-order valence-corrected chi connectivity index (χ0v) is 13.3. The lowest BCUT2D eigenvalue weighted by molar-refractivity contribution is -0.384. The minimum atomic E-state index is -0.453. The summed E-state index contributed by atoms with van der Waals surface area (Å²) >= 11 is 0. The average molecular weight is 321 g/mol. The van der Waals surface area contributed by atoms with E-state index in [1.165, 1.54) is 12.1 Å². The van der Waals surface area contributed by atoms with Crippen molar-refractivity contribution in [2.75, 3.05) is 25.0 Å². The number of nitrogens with one attached hydrogen (secondary N) is 1. The molecule has 7 heteroatoms. The first-order valence-corrected chi connectivity index (χ1v) is 7.91. The monoisotopic (exact) mass is 321 g/mol. The second-order valence-electron chi connectivity index (χ2n) is 5.94. The molecule has 0 bridgehead atoms. The number of hydrogen-bond acceptors (Lipinski definition) is 5. The standard InChI is InChI=1S/C16H23N3O4/c1-12-10-14(19(22)23)5-6-15(12)17-16(21)11-18-8-3-2-4-13(18)7-9-20/h5-6,10,13,20H,2-4,7-9,11H2,1H3,(H,17,21). The Hall–Kier alpha value is -1.99. The zero-order chi connectivity index (χ0) is 16.8. The van der Waals surface area contributed by atoms with Gasteiger partial charge in [0.15, 0.2) is 0 Å². The van der Waals surface area contributed by atoms with E-state index in [2.05, 4.69) is 10.2 Å². The van der Waals surface area contributed by atoms with Crippen molar-refractivity contribution in [1.82, 2.24) is 4.90 Å². The summed E-state index contributed by atoms with van der Waals surface area (Å²) < 4.78 is 0. The summed E-state index contributed by atoms with van der Waals surface area (Å²) in [4.78, 5) is 24.6. The van der Waals surface area contributed by atoms with Gasteiger partial charge in [-0.25, -0.2) is 0 Å². The molecule has 1 aromatic carbocycles. The van der Waals surface area contributed by atoms with E-state index in [1.807, 2.05) is 0 Å². The van der Waals surface area contributed by atoms with E-state index in [-0.39, 0.29) is 30.8 Å². The van der Waals surface area contributed by atoms with E-state index in [1.54, 1.807) is 13.0 Å². The highest BCUT2D eigenvalue weighted by atomic mass is 16.6. The molecule has 2 rings (SSSR count). The molecule has 1 aromatic rings. The van der Waals surface area contributed by atoms with Crippen LogP contribution in [0.5, 0.6) is 0 Å². The summed E-state index contributed by atoms with van der Waals surface area (Å²) in [5.41, 5.74) is 1.27. The van der Waals surface area contributed by atoms with Crippen LogP contribution >= 0.6 is 0 Å². The molecule has 1 amide bonds. The van der Waals surface area contributed by atoms with Crippen LogP contribution < -0.4 is 5.32 Å². The number of nitro groups is 1. The van der Waals surface area contributed by atoms with E-state index in [9.17, 15) is 14.9 Å². The lowest BCUT2D eigenvalue weighted by Crippen LogP contribution is -2.44. The normalized spacial score (nSPS) is 18.6. The molecule has 0 radical (unpaired) electrons. The second-order valence-corrected chi connectivity index (χ2v) is 5.94. The Morgan fingerprint density at radius 1 is 1.48 bits per heavy atom. The van der Waals surface area contributed by atoms with Crippen molar-refractivity contribution in [2.45, 2.75) is 38.6 Å². The third kappa shape index (κ3) is 4.74. The number of likely N-dealkylation sites (tertiary alicyclic amines) is 1. The van der Waals surface area contributed by atoms with Gasteiger partial charge in [-0.2, -0.15) is 0 Å². The Balaban J connectivity index is 1.97. The quantitative estimate of drug-likeness (QED) is 0.618. The number of piperidine rings is 1. The molecule has 0 spiro atoms. The first kappa shape index (κ1) is 17.4. The highest BCUT2D eigenvalue weighted by molar-refractivity contribution is 5.93. The number of aryl methyl sites for hydroxylation is 1. The van der Waals surface area contributed by atoms with Crippen LogP contribution in [0, 0.1) is 17.0 Å². The highest BCUT2D eigenvalue weighted by Gasteiger charge is 2.24. The minimum Gasteiger partial charge on any atom is -0.396 e. The van der Waals surface area contributed by atoms with Gasteiger partial charge in [0.2, 0.25) is 5.91 Å². The fourth-order valence-electron chi connectivity index (χ4n) is 3.02. The summed E-state index contributed by atoms with van der Waals surface area (Å²) in [6.07, 6.45) is 3.88. The Morgan fingerprint density at radius 2 is 2.26 bits per heavy atom. The van der Waals surface area contributed by atoms with Crippen LogP contribution in [0.1, 0.15) is 31.2 Å². The number of amides is 1. The van der Waals surface area contributed by atoms with Gasteiger partial charge in [-0.05, 0) is 44.4 Å². The molecule has 1 saturated heterocycles. The number of hydrogen-bond donors (Lipinski definition) is 2. The van der Waals surface area contributed by atoms with Gasteiger partial charge in [-0.3, -0.25) is 19.8 Å². The lowest BCUT2D eigenvalue weighted by Gasteiger charge is -2.34. The molecule has 0 aliphatic carbocycles. The molecule has 1 atom stereocenters. The molecule has 0 saturated carbocycles. The van der Waals surface area contributed by atoms with Crippen LogP contribution in [0.15, 0.2) is 18.2 Å². The molecule has 7 nitrogen and oxygen atoms in total. The number of benzene rings is 1. The fourth-order valence-corrected chi connectivity index (χ4v) is 3.02. The molecular formula is C16H23N3O4. The van der Waals surface area contributed by atoms with Gasteiger partial charge >= 0.3 is 0 Å². The van der Waals surface area contributed by atoms with Crippen LogP contribution in [0.2, 0.25) is 0 Å². The number of anilines is 1. The van der Waals surface area contributed by atoms with Crippen LogP contribution in [0.25, 0.3) is 0 Å². The summed E-state index contributed by atoms with van der Waals surface area (Å²) in [6.45, 7) is 3.00. The molecule has 1 aliphatic rings. The molecule has 1 aliphatic heterocycles. The zero-order valence-electron chi connectivity index (χ0n) is 13.3. The summed E-state index contributed by atoms with van der Waals surface area (Å²) in [7, 11) is 0. The predicted octanol–water partition coefficient (Wildman–Crippen LogP) is 2.08. The van der Waals surface area contributed by atoms with Crippen molar-refractivity contribution in [2.24, 2.45) is 0 Å². The number of nitro benzene ring substituents is 1. The van der Waals surface area contributed by atoms with Crippen LogP contribution in [0.4, 0.5) is 11.4 Å². The van der Waals surface area contributed by atoms with Crippen molar-refractivity contribution in [3.63, 3.8) is 0 Å². The van der Waals surface area contributed by atoms with E-state index < -0.39 is 4.92 Å². The van der Waals surface area contributed by atoms with Gasteiger partial charge in [0, 0.05) is 30.5 Å². The molecule has 1 fully saturated rings. The van der Waals surface area contributed by atoms with Crippen molar-refractivity contribution in [3.8, 4) is 0 Å². The predicted molar refractivity (Wildman–Crippen MR) is 87.4 cm³/mol.